The summed E-state index contributed by atoms with van der Waals surface area (Å²) >= 11 is 21.6. The van der Waals surface area contributed by atoms with Crippen molar-refractivity contribution in [3.05, 3.63) is 97.6 Å². The summed E-state index contributed by atoms with van der Waals surface area (Å²) in [5, 5.41) is 4.25. The lowest BCUT2D eigenvalue weighted by atomic mass is 10.2. The van der Waals surface area contributed by atoms with E-state index in [9.17, 15) is 9.59 Å². The smallest absolute Gasteiger partial charge is 0.262 e. The van der Waals surface area contributed by atoms with Crippen molar-refractivity contribution in [1.29, 1.82) is 0 Å². The van der Waals surface area contributed by atoms with Crippen molar-refractivity contribution in [3.8, 4) is 0 Å². The van der Waals surface area contributed by atoms with Gasteiger partial charge in [-0.2, -0.15) is 0 Å². The van der Waals surface area contributed by atoms with Crippen molar-refractivity contribution in [2.24, 2.45) is 0 Å². The van der Waals surface area contributed by atoms with E-state index in [2.05, 4.69) is 92.2 Å². The van der Waals surface area contributed by atoms with Crippen molar-refractivity contribution in [3.63, 3.8) is 0 Å². The molecule has 0 amide bonds. The van der Waals surface area contributed by atoms with Crippen LogP contribution in [0.5, 0.6) is 0 Å². The van der Waals surface area contributed by atoms with Gasteiger partial charge >= 0.3 is 0 Å². The number of nitrogens with zero attached hydrogens (tertiary/aromatic N) is 8. The standard InChI is InChI=1S/C16H15ClN6O2.C9H13N3O.C7H3Cl2N3O.I2.HI/c17-12-7-11-14(16(24)20-9-19-11)15(22-12)21-10-1-2-13(18-8-10)23-3-5-25-6-4-23;10-8-1-2-9(11-7-8)12-3-5-13-6-4-12;8-4-1-3-5(6(9)12-4)7(13)11-2-10-3;1-2;/h1-2,7-9H,3-6H2,(H,21,22)(H,19,20,24);1-2,7H,3-6,10H2;1-2H,(H,10,11,13);;1H. The molecule has 5 N–H and O–H groups in total. The number of ether oxygens (including phenoxy) is 2. The fourth-order valence-corrected chi connectivity index (χ4v) is 5.81. The third kappa shape index (κ3) is 12.0. The number of halogens is 6. The van der Waals surface area contributed by atoms with Crippen molar-refractivity contribution < 1.29 is 9.47 Å². The second-order valence-corrected chi connectivity index (χ2v) is 12.1. The molecular formula is C32H32Cl3I3N12O4. The van der Waals surface area contributed by atoms with E-state index in [0.29, 0.717) is 46.8 Å². The molecule has 0 atom stereocenters. The quantitative estimate of drug-likeness (QED) is 0.111. The first-order valence-corrected chi connectivity index (χ1v) is 23.1. The van der Waals surface area contributed by atoms with E-state index in [0.717, 1.165) is 51.0 Å². The number of morpholine rings is 2. The summed E-state index contributed by atoms with van der Waals surface area (Å²) in [4.78, 5) is 57.3. The topological polar surface area (TPSA) is 206 Å². The molecule has 286 valence electrons. The van der Waals surface area contributed by atoms with Crippen LogP contribution in [0.25, 0.3) is 21.8 Å². The van der Waals surface area contributed by atoms with Crippen LogP contribution in [-0.2, 0) is 9.47 Å². The largest absolute Gasteiger partial charge is 0.397 e. The number of nitrogens with one attached hydrogen (secondary N) is 3. The summed E-state index contributed by atoms with van der Waals surface area (Å²) in [7, 11) is 0. The summed E-state index contributed by atoms with van der Waals surface area (Å²) in [5.74, 6) is 2.22. The van der Waals surface area contributed by atoms with Crippen molar-refractivity contribution >= 4 is 147 Å². The van der Waals surface area contributed by atoms with Gasteiger partial charge in [-0.25, -0.2) is 29.9 Å². The monoisotopic (exact) mass is 1130 g/mol. The molecule has 2 fully saturated rings. The fourth-order valence-electron chi connectivity index (χ4n) is 5.12. The van der Waals surface area contributed by atoms with Crippen molar-refractivity contribution in [2.75, 3.05) is 73.5 Å². The van der Waals surface area contributed by atoms with Crippen LogP contribution in [0.3, 0.4) is 0 Å². The molecule has 6 aromatic heterocycles. The second kappa shape index (κ2) is 22.0. The van der Waals surface area contributed by atoms with Gasteiger partial charge in [0.2, 0.25) is 0 Å². The molecule has 0 spiro atoms. The van der Waals surface area contributed by atoms with Gasteiger partial charge < -0.3 is 40.3 Å². The van der Waals surface area contributed by atoms with Gasteiger partial charge in [0.1, 0.15) is 43.7 Å². The van der Waals surface area contributed by atoms with Gasteiger partial charge in [0.05, 0.1) is 73.9 Å². The number of nitrogen functional groups attached to an aromatic ring is 1. The first-order chi connectivity index (χ1) is 25.7. The van der Waals surface area contributed by atoms with Crippen LogP contribution in [0.15, 0.2) is 71.0 Å². The van der Waals surface area contributed by atoms with E-state index in [1.807, 2.05) is 24.3 Å². The van der Waals surface area contributed by atoms with E-state index in [-0.39, 0.29) is 55.9 Å². The summed E-state index contributed by atoms with van der Waals surface area (Å²) in [6, 6.07) is 10.7. The highest BCUT2D eigenvalue weighted by Gasteiger charge is 2.14. The van der Waals surface area contributed by atoms with Crippen LogP contribution in [0.2, 0.25) is 15.5 Å². The Morgan fingerprint density at radius 2 is 1.20 bits per heavy atom. The minimum atomic E-state index is -0.320. The Morgan fingerprint density at radius 1 is 0.704 bits per heavy atom. The Morgan fingerprint density at radius 3 is 1.72 bits per heavy atom. The zero-order valence-corrected chi connectivity index (χ0v) is 36.9. The Bertz CT molecular complexity index is 2230. The molecule has 0 radical (unpaired) electrons. The number of aromatic amines is 2. The average Bonchev–Trinajstić information content (AvgIpc) is 3.17. The molecule has 2 aliphatic rings. The summed E-state index contributed by atoms with van der Waals surface area (Å²) in [5.41, 5.74) is 7.27. The van der Waals surface area contributed by atoms with Gasteiger partial charge in [-0.1, -0.05) is 34.8 Å². The van der Waals surface area contributed by atoms with E-state index in [1.54, 1.807) is 18.5 Å². The predicted octanol–water partition coefficient (Wildman–Crippen LogP) is 6.46. The number of hydrogen-bond donors (Lipinski definition) is 4. The minimum Gasteiger partial charge on any atom is -0.397 e. The van der Waals surface area contributed by atoms with Crippen LogP contribution < -0.4 is 32.0 Å². The molecule has 8 heterocycles. The molecule has 0 unspecified atom stereocenters. The van der Waals surface area contributed by atoms with E-state index in [1.165, 1.54) is 18.7 Å². The number of rotatable bonds is 4. The van der Waals surface area contributed by atoms with Gasteiger partial charge in [-0.05, 0) is 24.3 Å². The molecule has 0 aliphatic carbocycles. The normalized spacial score (nSPS) is 13.6. The molecule has 0 aromatic carbocycles. The maximum atomic E-state index is 12.1. The predicted molar refractivity (Wildman–Crippen MR) is 241 cm³/mol. The molecule has 0 bridgehead atoms. The molecule has 2 saturated heterocycles. The first-order valence-electron chi connectivity index (χ1n) is 15.7. The van der Waals surface area contributed by atoms with Crippen LogP contribution in [0.1, 0.15) is 0 Å². The van der Waals surface area contributed by atoms with E-state index in [4.69, 9.17) is 50.0 Å². The number of pyridine rings is 4. The van der Waals surface area contributed by atoms with Crippen molar-refractivity contribution in [2.45, 2.75) is 0 Å². The zero-order chi connectivity index (χ0) is 37.7. The molecule has 6 aromatic rings. The highest BCUT2D eigenvalue weighted by molar-refractivity contribution is 15.0. The Kier molecular flexibility index (Phi) is 17.8. The molecule has 16 nitrogen and oxygen atoms in total. The SMILES string of the molecule is I.II.Nc1ccc(N2CCOCC2)nc1.O=c1[nH]cnc2cc(Cl)nc(Cl)c12.O=c1[nH]cnc2cc(Cl)nc(Nc3ccc(N4CCOCC4)nc3)c12. The van der Waals surface area contributed by atoms with Crippen LogP contribution in [-0.4, -0.2) is 92.5 Å². The highest BCUT2D eigenvalue weighted by atomic mass is 128. The van der Waals surface area contributed by atoms with E-state index >= 15 is 0 Å². The minimum absolute atomic E-state index is 0. The number of H-pyrrole nitrogens is 2. The van der Waals surface area contributed by atoms with Gasteiger partial charge in [-0.3, -0.25) is 9.59 Å². The van der Waals surface area contributed by atoms with Crippen LogP contribution in [0.4, 0.5) is 28.8 Å². The molecular weight excluding hydrogens is 1100 g/mol. The maximum Gasteiger partial charge on any atom is 0.262 e. The van der Waals surface area contributed by atoms with Crippen LogP contribution >= 0.6 is 96.0 Å². The highest BCUT2D eigenvalue weighted by Crippen LogP contribution is 2.25. The lowest BCUT2D eigenvalue weighted by Gasteiger charge is -2.27. The van der Waals surface area contributed by atoms with Crippen LogP contribution in [0, 0.1) is 0 Å². The third-order valence-corrected chi connectivity index (χ3v) is 8.26. The molecule has 2 aliphatic heterocycles. The lowest BCUT2D eigenvalue weighted by molar-refractivity contribution is 0.122. The first kappa shape index (κ1) is 43.8. The average molecular weight is 1140 g/mol. The zero-order valence-electron chi connectivity index (χ0n) is 28.0. The van der Waals surface area contributed by atoms with Gasteiger partial charge in [0, 0.05) is 75.5 Å². The molecule has 8 rings (SSSR count). The fraction of sp³-hybridized carbons (Fsp3) is 0.250. The molecule has 0 saturated carbocycles. The number of hydrogen-bond acceptors (Lipinski definition) is 14. The van der Waals surface area contributed by atoms with Gasteiger partial charge in [-0.15, -0.1) is 24.0 Å². The lowest BCUT2D eigenvalue weighted by Crippen LogP contribution is -2.36. The molecule has 22 heteroatoms. The second-order valence-electron chi connectivity index (χ2n) is 11.0. The number of fused-ring (bicyclic) bond motifs is 2. The summed E-state index contributed by atoms with van der Waals surface area (Å²) in [6.07, 6.45) is 6.01. The van der Waals surface area contributed by atoms with Gasteiger partial charge in [0.15, 0.2) is 0 Å². The maximum absolute atomic E-state index is 12.1. The summed E-state index contributed by atoms with van der Waals surface area (Å²) < 4.78 is 10.6. The number of aromatic nitrogens is 8. The summed E-state index contributed by atoms with van der Waals surface area (Å²) in [6.45, 7) is 6.44. The van der Waals surface area contributed by atoms with E-state index < -0.39 is 0 Å². The molecule has 54 heavy (non-hydrogen) atoms. The third-order valence-electron chi connectivity index (χ3n) is 7.59. The van der Waals surface area contributed by atoms with Crippen molar-refractivity contribution in [1.82, 2.24) is 39.9 Å². The number of anilines is 5. The Hall–Kier alpha value is -2.94. The Balaban J connectivity index is 0.000000190. The Labute approximate surface area is 363 Å². The van der Waals surface area contributed by atoms with Gasteiger partial charge in [0.25, 0.3) is 11.1 Å². The number of nitrogens with two attached hydrogens (primary N) is 1.